The van der Waals surface area contributed by atoms with Gasteiger partial charge in [-0.25, -0.2) is 14.5 Å². The highest BCUT2D eigenvalue weighted by molar-refractivity contribution is 5.79. The smallest absolute Gasteiger partial charge is 0.377 e. The van der Waals surface area contributed by atoms with Gasteiger partial charge in [-0.15, -0.1) is 0 Å². The molecular formula is C24H28F3N9O. The Bertz CT molecular complexity index is 1400. The first-order valence-electron chi connectivity index (χ1n) is 12.4. The van der Waals surface area contributed by atoms with Crippen LogP contribution in [-0.2, 0) is 10.9 Å². The summed E-state index contributed by atoms with van der Waals surface area (Å²) >= 11 is 0. The Hall–Kier alpha value is -3.45. The van der Waals surface area contributed by atoms with Crippen molar-refractivity contribution in [2.24, 2.45) is 0 Å². The number of ether oxygens (including phenoxy) is 1. The van der Waals surface area contributed by atoms with Gasteiger partial charge in [0, 0.05) is 25.0 Å². The third kappa shape index (κ3) is 4.15. The van der Waals surface area contributed by atoms with Crippen molar-refractivity contribution in [1.82, 2.24) is 39.7 Å². The highest BCUT2D eigenvalue weighted by Gasteiger charge is 2.42. The largest absolute Gasteiger partial charge is 0.433 e. The second-order valence-electron chi connectivity index (χ2n) is 9.58. The van der Waals surface area contributed by atoms with E-state index in [0.29, 0.717) is 79.9 Å². The molecule has 1 atom stereocenters. The van der Waals surface area contributed by atoms with Gasteiger partial charge in [0.05, 0.1) is 54.0 Å². The summed E-state index contributed by atoms with van der Waals surface area (Å²) in [6.07, 6.45) is 1.43. The third-order valence-corrected chi connectivity index (χ3v) is 7.14. The molecule has 2 saturated heterocycles. The second-order valence-corrected chi connectivity index (χ2v) is 9.58. The molecular weight excluding hydrogens is 487 g/mol. The lowest BCUT2D eigenvalue weighted by molar-refractivity contribution is -0.144. The van der Waals surface area contributed by atoms with Crippen LogP contribution in [0.15, 0.2) is 24.7 Å². The Morgan fingerprint density at radius 2 is 2.00 bits per heavy atom. The zero-order chi connectivity index (χ0) is 25.7. The van der Waals surface area contributed by atoms with Crippen molar-refractivity contribution in [3.63, 3.8) is 0 Å². The van der Waals surface area contributed by atoms with Crippen molar-refractivity contribution in [3.05, 3.63) is 36.0 Å². The number of piperidine rings is 1. The average Bonchev–Trinajstić information content (AvgIpc) is 3.62. The van der Waals surface area contributed by atoms with Gasteiger partial charge in [0.15, 0.2) is 11.3 Å². The maximum Gasteiger partial charge on any atom is 0.433 e. The zero-order valence-corrected chi connectivity index (χ0v) is 20.6. The number of halogens is 3. The number of aryl methyl sites for hydroxylation is 1. The van der Waals surface area contributed by atoms with Gasteiger partial charge in [-0.2, -0.15) is 23.4 Å². The monoisotopic (exact) mass is 515 g/mol. The minimum absolute atomic E-state index is 0.00665. The number of imidazole rings is 1. The Labute approximate surface area is 210 Å². The van der Waals surface area contributed by atoms with Crippen LogP contribution in [0.3, 0.4) is 0 Å². The molecule has 2 aliphatic rings. The molecule has 6 rings (SSSR count). The molecule has 0 bridgehead atoms. The molecule has 0 saturated carbocycles. The number of hydrogen-bond acceptors (Lipinski definition) is 7. The lowest BCUT2D eigenvalue weighted by Gasteiger charge is -2.34. The fraction of sp³-hybridized carbons (Fsp3) is 0.500. The summed E-state index contributed by atoms with van der Waals surface area (Å²) in [5.41, 5.74) is 0.889. The standard InChI is InChI=1S/C24H28F3N9O/c1-14-13-37-10-9-34(14)19-11-18(36-23(32-19)17(12-31-36)22-29-7-8-30-22)20-15(2)33-35(21(20)24(25,26)27)16-3-5-28-6-4-16/h7-8,11-12,14,16,28H,3-6,9-10,13H2,1-2H3,(H,29,30)/t14-/m1/s1. The van der Waals surface area contributed by atoms with Crippen LogP contribution in [0.5, 0.6) is 0 Å². The predicted octanol–water partition coefficient (Wildman–Crippen LogP) is 3.46. The van der Waals surface area contributed by atoms with E-state index >= 15 is 0 Å². The van der Waals surface area contributed by atoms with Crippen molar-refractivity contribution in [3.8, 4) is 22.6 Å². The van der Waals surface area contributed by atoms with Gasteiger partial charge in [0.2, 0.25) is 0 Å². The van der Waals surface area contributed by atoms with Crippen molar-refractivity contribution >= 4 is 11.5 Å². The van der Waals surface area contributed by atoms with Crippen LogP contribution in [0.25, 0.3) is 28.3 Å². The summed E-state index contributed by atoms with van der Waals surface area (Å²) in [6, 6.07) is 1.37. The van der Waals surface area contributed by atoms with E-state index in [9.17, 15) is 13.2 Å². The van der Waals surface area contributed by atoms with Crippen molar-refractivity contribution < 1.29 is 17.9 Å². The van der Waals surface area contributed by atoms with Gasteiger partial charge >= 0.3 is 6.18 Å². The summed E-state index contributed by atoms with van der Waals surface area (Å²) in [6.45, 7) is 6.54. The first kappa shape index (κ1) is 23.9. The van der Waals surface area contributed by atoms with E-state index in [4.69, 9.17) is 9.72 Å². The molecule has 37 heavy (non-hydrogen) atoms. The molecule has 10 nitrogen and oxygen atoms in total. The molecule has 0 amide bonds. The Kier molecular flexibility index (Phi) is 5.91. The number of nitrogens with one attached hydrogen (secondary N) is 2. The molecule has 196 valence electrons. The summed E-state index contributed by atoms with van der Waals surface area (Å²) in [5.74, 6) is 1.10. The summed E-state index contributed by atoms with van der Waals surface area (Å²) in [5, 5.41) is 12.1. The molecule has 2 fully saturated rings. The lowest BCUT2D eigenvalue weighted by atomic mass is 10.0. The maximum absolute atomic E-state index is 14.7. The number of nitrogens with zero attached hydrogens (tertiary/aromatic N) is 7. The van der Waals surface area contributed by atoms with E-state index in [1.165, 1.54) is 9.20 Å². The molecule has 0 spiro atoms. The molecule has 4 aromatic rings. The number of aromatic nitrogens is 7. The number of aromatic amines is 1. The molecule has 0 unspecified atom stereocenters. The fourth-order valence-corrected chi connectivity index (χ4v) is 5.36. The molecule has 0 aliphatic carbocycles. The second kappa shape index (κ2) is 9.14. The predicted molar refractivity (Wildman–Crippen MR) is 130 cm³/mol. The van der Waals surface area contributed by atoms with E-state index in [-0.39, 0.29) is 17.6 Å². The van der Waals surface area contributed by atoms with Gasteiger partial charge in [-0.05, 0) is 39.8 Å². The molecule has 6 heterocycles. The quantitative estimate of drug-likeness (QED) is 0.429. The minimum Gasteiger partial charge on any atom is -0.377 e. The molecule has 13 heteroatoms. The SMILES string of the molecule is Cc1nn(C2CCNCC2)c(C(F)(F)F)c1-c1cc(N2CCOC[C@H]2C)nc2c(-c3ncc[nH]3)cnn12. The fourth-order valence-electron chi connectivity index (χ4n) is 5.36. The van der Waals surface area contributed by atoms with Crippen LogP contribution in [-0.4, -0.2) is 73.2 Å². The third-order valence-electron chi connectivity index (χ3n) is 7.14. The van der Waals surface area contributed by atoms with E-state index in [2.05, 4.69) is 30.4 Å². The molecule has 0 radical (unpaired) electrons. The molecule has 4 aromatic heterocycles. The zero-order valence-electron chi connectivity index (χ0n) is 20.6. The topological polar surface area (TPSA) is 101 Å². The summed E-state index contributed by atoms with van der Waals surface area (Å²) in [4.78, 5) is 14.3. The Morgan fingerprint density at radius 3 is 2.70 bits per heavy atom. The van der Waals surface area contributed by atoms with E-state index < -0.39 is 11.9 Å². The number of H-pyrrole nitrogens is 1. The van der Waals surface area contributed by atoms with Crippen LogP contribution in [0.2, 0.25) is 0 Å². The number of hydrogen-bond donors (Lipinski definition) is 2. The van der Waals surface area contributed by atoms with E-state index in [1.807, 2.05) is 6.92 Å². The first-order valence-corrected chi connectivity index (χ1v) is 12.4. The Morgan fingerprint density at radius 1 is 1.19 bits per heavy atom. The van der Waals surface area contributed by atoms with E-state index in [1.54, 1.807) is 31.6 Å². The number of morpholine rings is 1. The van der Waals surface area contributed by atoms with Crippen LogP contribution >= 0.6 is 0 Å². The van der Waals surface area contributed by atoms with Gasteiger partial charge in [-0.1, -0.05) is 0 Å². The highest BCUT2D eigenvalue weighted by Crippen LogP contribution is 2.42. The van der Waals surface area contributed by atoms with Gasteiger partial charge in [-0.3, -0.25) is 4.68 Å². The van der Waals surface area contributed by atoms with Crippen LogP contribution < -0.4 is 10.2 Å². The van der Waals surface area contributed by atoms with Crippen LogP contribution in [0, 0.1) is 6.92 Å². The van der Waals surface area contributed by atoms with Gasteiger partial charge in [0.1, 0.15) is 11.6 Å². The normalized spacial score (nSPS) is 19.7. The van der Waals surface area contributed by atoms with Crippen molar-refractivity contribution in [1.29, 1.82) is 0 Å². The number of alkyl halides is 3. The van der Waals surface area contributed by atoms with Gasteiger partial charge < -0.3 is 19.9 Å². The minimum atomic E-state index is -4.61. The summed E-state index contributed by atoms with van der Waals surface area (Å²) in [7, 11) is 0. The highest BCUT2D eigenvalue weighted by atomic mass is 19.4. The molecule has 0 aromatic carbocycles. The maximum atomic E-state index is 14.7. The first-order chi connectivity index (χ1) is 17.8. The van der Waals surface area contributed by atoms with Gasteiger partial charge in [0.25, 0.3) is 0 Å². The molecule has 2 N–H and O–H groups in total. The van der Waals surface area contributed by atoms with Crippen molar-refractivity contribution in [2.45, 2.75) is 44.9 Å². The van der Waals surface area contributed by atoms with Crippen LogP contribution in [0.4, 0.5) is 19.0 Å². The summed E-state index contributed by atoms with van der Waals surface area (Å²) < 4.78 is 52.5. The number of rotatable bonds is 4. The Balaban J connectivity index is 1.61. The number of anilines is 1. The molecule has 2 aliphatic heterocycles. The lowest BCUT2D eigenvalue weighted by Crippen LogP contribution is -2.44. The van der Waals surface area contributed by atoms with Crippen molar-refractivity contribution in [2.75, 3.05) is 37.7 Å². The number of fused-ring (bicyclic) bond motifs is 1. The van der Waals surface area contributed by atoms with E-state index in [0.717, 1.165) is 0 Å². The van der Waals surface area contributed by atoms with Crippen LogP contribution in [0.1, 0.15) is 37.2 Å². The average molecular weight is 516 g/mol.